The zero-order valence-corrected chi connectivity index (χ0v) is 35.7. The summed E-state index contributed by atoms with van der Waals surface area (Å²) in [7, 11) is -4.59. The minimum absolute atomic E-state index is 0. The van der Waals surface area contributed by atoms with Gasteiger partial charge in [0.1, 0.15) is 0 Å². The van der Waals surface area contributed by atoms with Crippen LogP contribution in [0.15, 0.2) is 0 Å². The maximum Gasteiger partial charge on any atom is 1.00 e. The van der Waals surface area contributed by atoms with Crippen molar-refractivity contribution in [2.24, 2.45) is 5.92 Å². The Hall–Kier alpha value is 1.51. The van der Waals surface area contributed by atoms with Gasteiger partial charge in [-0.1, -0.05) is 232 Å². The molecule has 0 bridgehead atoms. The molecule has 0 fully saturated rings. The van der Waals surface area contributed by atoms with Crippen LogP contribution in [-0.2, 0) is 14.6 Å². The molecule has 4 nitrogen and oxygen atoms in total. The van der Waals surface area contributed by atoms with Gasteiger partial charge in [-0.3, -0.25) is 4.18 Å². The summed E-state index contributed by atoms with van der Waals surface area (Å²) in [6, 6.07) is 0. The molecule has 0 rings (SSSR count). The van der Waals surface area contributed by atoms with Crippen LogP contribution in [0.3, 0.4) is 0 Å². The van der Waals surface area contributed by atoms with E-state index in [0.29, 0.717) is 0 Å². The van der Waals surface area contributed by atoms with Gasteiger partial charge in [0, 0.05) is 0 Å². The Morgan fingerprint density at radius 1 is 0.391 bits per heavy atom. The SMILES string of the molecule is CCCCCCCCCCCCCCCCCCCCCCC(CCCCCCCCCCCCCCCC)COS(=O)(=O)[O-].[K+]. The van der Waals surface area contributed by atoms with Crippen molar-refractivity contribution in [2.45, 2.75) is 245 Å². The summed E-state index contributed by atoms with van der Waals surface area (Å²) in [4.78, 5) is 0. The third kappa shape index (κ3) is 43.5. The van der Waals surface area contributed by atoms with Crippen molar-refractivity contribution in [3.8, 4) is 0 Å². The van der Waals surface area contributed by atoms with Crippen LogP contribution in [0.5, 0.6) is 0 Å². The average Bonchev–Trinajstić information content (AvgIpc) is 3.02. The number of rotatable bonds is 39. The Kier molecular flexibility index (Phi) is 44.2. The minimum Gasteiger partial charge on any atom is -0.726 e. The van der Waals surface area contributed by atoms with Gasteiger partial charge in [0.2, 0.25) is 10.4 Å². The van der Waals surface area contributed by atoms with E-state index in [1.807, 2.05) is 0 Å². The van der Waals surface area contributed by atoms with Gasteiger partial charge in [-0.15, -0.1) is 0 Å². The van der Waals surface area contributed by atoms with Gasteiger partial charge >= 0.3 is 51.4 Å². The van der Waals surface area contributed by atoms with Crippen LogP contribution >= 0.6 is 0 Å². The van der Waals surface area contributed by atoms with Crippen LogP contribution in [0.1, 0.15) is 245 Å². The largest absolute Gasteiger partial charge is 1.00 e. The monoisotopic (exact) mass is 697 g/mol. The topological polar surface area (TPSA) is 66.4 Å². The van der Waals surface area contributed by atoms with E-state index >= 15 is 0 Å². The van der Waals surface area contributed by atoms with Crippen LogP contribution in [0.2, 0.25) is 0 Å². The van der Waals surface area contributed by atoms with Crippen LogP contribution in [0, 0.1) is 5.92 Å². The molecule has 0 spiro atoms. The molecule has 0 N–H and O–H groups in total. The first kappa shape index (κ1) is 49.6. The molecule has 0 heterocycles. The Balaban J connectivity index is 0. The third-order valence-electron chi connectivity index (χ3n) is 9.88. The summed E-state index contributed by atoms with van der Waals surface area (Å²) in [5.74, 6) is 0.196. The summed E-state index contributed by atoms with van der Waals surface area (Å²) in [5.41, 5.74) is 0. The Labute approximate surface area is 333 Å². The first-order chi connectivity index (χ1) is 22.0. The van der Waals surface area contributed by atoms with Crippen LogP contribution in [0.25, 0.3) is 0 Å². The molecule has 0 amide bonds. The maximum atomic E-state index is 11.0. The van der Waals surface area contributed by atoms with Crippen LogP contribution in [-0.4, -0.2) is 19.6 Å². The first-order valence-electron chi connectivity index (χ1n) is 20.6. The van der Waals surface area contributed by atoms with E-state index < -0.39 is 10.4 Å². The number of hydrogen-bond acceptors (Lipinski definition) is 4. The van der Waals surface area contributed by atoms with Gasteiger partial charge in [-0.25, -0.2) is 8.42 Å². The fourth-order valence-electron chi connectivity index (χ4n) is 6.81. The molecule has 0 aromatic carbocycles. The molecule has 0 aliphatic heterocycles. The molecule has 6 heteroatoms. The molecule has 0 saturated heterocycles. The number of hydrogen-bond donors (Lipinski definition) is 0. The van der Waals surface area contributed by atoms with Crippen molar-refractivity contribution in [3.63, 3.8) is 0 Å². The second kappa shape index (κ2) is 40.9. The smallest absolute Gasteiger partial charge is 0.726 e. The van der Waals surface area contributed by atoms with Gasteiger partial charge < -0.3 is 4.55 Å². The Morgan fingerprint density at radius 3 is 0.783 bits per heavy atom. The predicted octanol–water partition coefficient (Wildman–Crippen LogP) is 11.2. The van der Waals surface area contributed by atoms with Crippen molar-refractivity contribution in [2.75, 3.05) is 6.61 Å². The van der Waals surface area contributed by atoms with Gasteiger partial charge in [0.25, 0.3) is 0 Å². The second-order valence-electron chi connectivity index (χ2n) is 14.4. The van der Waals surface area contributed by atoms with Crippen molar-refractivity contribution in [3.05, 3.63) is 0 Å². The molecule has 0 aliphatic carbocycles. The van der Waals surface area contributed by atoms with E-state index in [9.17, 15) is 13.0 Å². The molecule has 272 valence electrons. The molecule has 0 aromatic heterocycles. The van der Waals surface area contributed by atoms with Gasteiger partial charge in [0.05, 0.1) is 6.61 Å². The quantitative estimate of drug-likeness (QED) is 0.0278. The molecule has 1 unspecified atom stereocenters. The molecule has 1 atom stereocenters. The van der Waals surface area contributed by atoms with Gasteiger partial charge in [0.15, 0.2) is 0 Å². The van der Waals surface area contributed by atoms with Crippen molar-refractivity contribution < 1.29 is 68.5 Å². The maximum absolute atomic E-state index is 11.0. The van der Waals surface area contributed by atoms with Crippen LogP contribution < -0.4 is 51.4 Å². The fraction of sp³-hybridized carbons (Fsp3) is 1.00. The van der Waals surface area contributed by atoms with Crippen molar-refractivity contribution in [1.29, 1.82) is 0 Å². The molecule has 0 aliphatic rings. The molecule has 0 aromatic rings. The molecular weight excluding hydrogens is 616 g/mol. The minimum atomic E-state index is -4.59. The van der Waals surface area contributed by atoms with Gasteiger partial charge in [-0.2, -0.15) is 0 Å². The van der Waals surface area contributed by atoms with E-state index in [0.717, 1.165) is 25.7 Å². The van der Waals surface area contributed by atoms with E-state index in [-0.39, 0.29) is 63.9 Å². The fourth-order valence-corrected chi connectivity index (χ4v) is 7.17. The number of unbranched alkanes of at least 4 members (excludes halogenated alkanes) is 32. The van der Waals surface area contributed by atoms with E-state index in [1.54, 1.807) is 0 Å². The molecular formula is C40H81KO4S. The van der Waals surface area contributed by atoms with E-state index in [4.69, 9.17) is 0 Å². The first-order valence-corrected chi connectivity index (χ1v) is 21.9. The summed E-state index contributed by atoms with van der Waals surface area (Å²) >= 11 is 0. The summed E-state index contributed by atoms with van der Waals surface area (Å²) in [6.45, 7) is 4.64. The standard InChI is InChI=1S/C40H82O4S.K/c1-3-5-7-9-11-13-15-17-19-20-21-22-23-24-26-28-30-32-34-36-38-40(39-44-45(41,42)43)37-35-33-31-29-27-25-18-16-14-12-10-8-6-4-2;/h40H,3-39H2,1-2H3,(H,41,42,43);/q;+1/p-1. The summed E-state index contributed by atoms with van der Waals surface area (Å²) < 4.78 is 37.7. The zero-order chi connectivity index (χ0) is 32.9. The summed E-state index contributed by atoms with van der Waals surface area (Å²) in [5, 5.41) is 0. The molecule has 0 saturated carbocycles. The van der Waals surface area contributed by atoms with Crippen molar-refractivity contribution >= 4 is 10.4 Å². The normalized spacial score (nSPS) is 12.4. The van der Waals surface area contributed by atoms with Crippen LogP contribution in [0.4, 0.5) is 0 Å². The zero-order valence-electron chi connectivity index (χ0n) is 31.8. The van der Waals surface area contributed by atoms with E-state index in [2.05, 4.69) is 18.0 Å². The molecule has 46 heavy (non-hydrogen) atoms. The molecule has 0 radical (unpaired) electrons. The summed E-state index contributed by atoms with van der Waals surface area (Å²) in [6.07, 6.45) is 48.3. The Bertz CT molecular complexity index is 658. The predicted molar refractivity (Wildman–Crippen MR) is 197 cm³/mol. The van der Waals surface area contributed by atoms with Crippen molar-refractivity contribution in [1.82, 2.24) is 0 Å². The second-order valence-corrected chi connectivity index (χ2v) is 15.5. The third-order valence-corrected chi connectivity index (χ3v) is 10.3. The Morgan fingerprint density at radius 2 is 0.587 bits per heavy atom. The average molecular weight is 697 g/mol. The van der Waals surface area contributed by atoms with Gasteiger partial charge in [-0.05, 0) is 18.8 Å². The van der Waals surface area contributed by atoms with E-state index in [1.165, 1.54) is 205 Å².